The number of amides is 12. The van der Waals surface area contributed by atoms with Crippen LogP contribution in [0.5, 0.6) is 0 Å². The van der Waals surface area contributed by atoms with Crippen molar-refractivity contribution >= 4 is 118 Å². The number of rotatable bonds is 60. The molecule has 8 N–H and O–H groups in total. The summed E-state index contributed by atoms with van der Waals surface area (Å²) in [6.45, 7) is 16.5. The van der Waals surface area contributed by atoms with Crippen LogP contribution in [-0.4, -0.2) is 275 Å². The minimum Gasteiger partial charge on any atom is -0.481 e. The molecule has 2 aliphatic heterocycles. The molecule has 12 amide bonds. The highest BCUT2D eigenvalue weighted by Crippen LogP contribution is 2.34. The summed E-state index contributed by atoms with van der Waals surface area (Å²) in [5, 5.41) is 36.7. The van der Waals surface area contributed by atoms with E-state index in [2.05, 4.69) is 36.9 Å². The number of aliphatic carboxylic acids is 2. The lowest BCUT2D eigenvalue weighted by molar-refractivity contribution is -0.151. The van der Waals surface area contributed by atoms with Gasteiger partial charge in [-0.1, -0.05) is 70.4 Å². The minimum atomic E-state index is -1.45. The van der Waals surface area contributed by atoms with E-state index in [1.54, 1.807) is 43.0 Å². The molecule has 4 rings (SSSR count). The van der Waals surface area contributed by atoms with Crippen molar-refractivity contribution in [3.63, 3.8) is 0 Å². The Morgan fingerprint density at radius 1 is 0.686 bits per heavy atom. The molecule has 3 heterocycles. The average Bonchev–Trinajstić information content (AvgIpc) is 0.954. The molecule has 8 atom stereocenters. The van der Waals surface area contributed by atoms with Gasteiger partial charge in [0.1, 0.15) is 48.3 Å². The van der Waals surface area contributed by atoms with E-state index in [1.165, 1.54) is 11.8 Å². The summed E-state index contributed by atoms with van der Waals surface area (Å²) < 4.78 is 21.5. The van der Waals surface area contributed by atoms with Crippen LogP contribution in [0.1, 0.15) is 185 Å². The minimum absolute atomic E-state index is 0.00303. The Balaban J connectivity index is 1.40. The summed E-state index contributed by atoms with van der Waals surface area (Å²) in [4.78, 5) is 243. The van der Waals surface area contributed by atoms with Gasteiger partial charge < -0.3 is 70.9 Å². The van der Waals surface area contributed by atoms with Gasteiger partial charge in [0.2, 0.25) is 41.4 Å². The molecule has 0 spiro atoms. The van der Waals surface area contributed by atoms with Crippen LogP contribution >= 0.6 is 11.3 Å². The maximum atomic E-state index is 15.1. The number of carboxylic acids is 2. The largest absolute Gasteiger partial charge is 0.481 e. The Bertz CT molecular complexity index is 3780. The predicted molar refractivity (Wildman–Crippen MR) is 428 cm³/mol. The van der Waals surface area contributed by atoms with E-state index in [0.717, 1.165) is 56.6 Å². The topological polar surface area (TPSA) is 486 Å². The molecule has 1 aromatic heterocycles. The maximum absolute atomic E-state index is 15.1. The van der Waals surface area contributed by atoms with Gasteiger partial charge in [0, 0.05) is 158 Å². The molecule has 1 aromatic carbocycles. The second-order valence-corrected chi connectivity index (χ2v) is 31.0. The number of nitrogens with zero attached hydrogens (tertiary/aromatic N) is 6. The lowest BCUT2D eigenvalue weighted by Crippen LogP contribution is -2.53. The first-order valence-electron chi connectivity index (χ1n) is 39.9. The number of carboxylic acid groups (broad SMARTS) is 2. The summed E-state index contributed by atoms with van der Waals surface area (Å²) in [6.07, 6.45) is 2.74. The number of ketones is 2. The van der Waals surface area contributed by atoms with Crippen molar-refractivity contribution in [1.82, 2.24) is 61.4 Å². The fourth-order valence-corrected chi connectivity index (χ4v) is 13.8. The molecule has 0 saturated carbocycles. The molecule has 2 aliphatic rings. The highest BCUT2D eigenvalue weighted by atomic mass is 32.1. The number of aryl methyl sites for hydroxylation is 1. The first-order valence-corrected chi connectivity index (χ1v) is 40.7. The molecule has 36 nitrogen and oxygen atoms in total. The maximum Gasteiger partial charge on any atom is 0.326 e. The van der Waals surface area contributed by atoms with Gasteiger partial charge in [-0.3, -0.25) is 96.2 Å². The second kappa shape index (κ2) is 51.6. The Hall–Kier alpha value is -10.5. The first kappa shape index (κ1) is 99.8. The Labute approximate surface area is 691 Å². The number of nitrogens with one attached hydrogen (secondary N) is 6. The zero-order chi connectivity index (χ0) is 87.8. The number of hydrogen-bond acceptors (Lipinski definition) is 25. The number of aromatic nitrogens is 1. The third-order valence-corrected chi connectivity index (χ3v) is 21.3. The lowest BCUT2D eigenvalue weighted by atomic mass is 9.81. The molecule has 0 fully saturated rings. The molecule has 0 saturated heterocycles. The van der Waals surface area contributed by atoms with Gasteiger partial charge in [0.15, 0.2) is 11.9 Å². The zero-order valence-corrected chi connectivity index (χ0v) is 70.3. The molecule has 0 bridgehead atoms. The zero-order valence-electron chi connectivity index (χ0n) is 69.4. The highest BCUT2D eigenvalue weighted by Gasteiger charge is 2.42. The van der Waals surface area contributed by atoms with Crippen molar-refractivity contribution in [2.75, 3.05) is 98.9 Å². The van der Waals surface area contributed by atoms with Crippen LogP contribution in [0.3, 0.4) is 0 Å². The van der Waals surface area contributed by atoms with Gasteiger partial charge >= 0.3 is 17.9 Å². The lowest BCUT2D eigenvalue weighted by Gasteiger charge is -2.40. The quantitative estimate of drug-likeness (QED) is 0.0155. The van der Waals surface area contributed by atoms with Gasteiger partial charge in [0.25, 0.3) is 36.0 Å². The number of Topliss-reactive ketones (excluding diaryl/α,β-unsaturated/α-hetero) is 2. The molecule has 0 aliphatic carbocycles. The van der Waals surface area contributed by atoms with Crippen LogP contribution in [0, 0.1) is 30.6 Å². The third-order valence-electron chi connectivity index (χ3n) is 20.4. The number of ether oxygens (including phenoxy) is 4. The van der Waals surface area contributed by atoms with Gasteiger partial charge in [-0.2, -0.15) is 0 Å². The van der Waals surface area contributed by atoms with Crippen molar-refractivity contribution in [2.45, 2.75) is 201 Å². The summed E-state index contributed by atoms with van der Waals surface area (Å²) in [5.41, 5.74) is 0.798. The summed E-state index contributed by atoms with van der Waals surface area (Å²) in [7, 11) is 1.60. The summed E-state index contributed by atoms with van der Waals surface area (Å²) in [5.74, 6) is -13.6. The number of carbonyl (C=O) groups excluding carboxylic acids is 16. The molecule has 4 unspecified atom stereocenters. The van der Waals surface area contributed by atoms with E-state index in [0.29, 0.717) is 30.7 Å². The number of hydrogen-bond donors (Lipinski definition) is 8. The Kier molecular flexibility index (Phi) is 43.7. The number of imide groups is 2. The SMILES string of the molecule is CCC(C)[C@H](CC(=O)C(C)(C)N(C)CC(=O)NCCCCC(CC(=O)CCC(=O)N(CCN1C(=O)C=CC1=O)CCN1C(=O)C=CC1=O)C(=O)NC(CCCCNC(=O)COCCNC(=O)COCCNC(=O)CC(=O)O)C(=O)O)C(=O)N(CC)[C@H](C[C@@H](OC(C)=O)c1nc(C(=O)N[C@@H](Cc2ccc(C)cc2)CC(C)OC=O)cs1)C(C)C. The Morgan fingerprint density at radius 2 is 1.24 bits per heavy atom. The molecule has 118 heavy (non-hydrogen) atoms. The number of likely N-dealkylation sites (N-methyl/N-ethyl adjacent to an activating group) is 1. The van der Waals surface area contributed by atoms with E-state index >= 15 is 4.79 Å². The van der Waals surface area contributed by atoms with Gasteiger partial charge in [-0.15, -0.1) is 11.3 Å². The number of benzene rings is 1. The van der Waals surface area contributed by atoms with E-state index in [-0.39, 0.29) is 172 Å². The van der Waals surface area contributed by atoms with Crippen molar-refractivity contribution in [2.24, 2.45) is 23.7 Å². The van der Waals surface area contributed by atoms with Gasteiger partial charge in [-0.05, 0) is 97.6 Å². The van der Waals surface area contributed by atoms with E-state index in [9.17, 15) is 86.6 Å². The number of carbonyl (C=O) groups is 18. The van der Waals surface area contributed by atoms with Crippen molar-refractivity contribution in [1.29, 1.82) is 0 Å². The van der Waals surface area contributed by atoms with E-state index in [1.807, 2.05) is 65.8 Å². The monoisotopic (exact) mass is 1670 g/mol. The van der Waals surface area contributed by atoms with Crippen molar-refractivity contribution < 1.29 is 115 Å². The van der Waals surface area contributed by atoms with Crippen LogP contribution in [0.4, 0.5) is 0 Å². The van der Waals surface area contributed by atoms with Crippen LogP contribution in [0.15, 0.2) is 53.9 Å². The van der Waals surface area contributed by atoms with Crippen LogP contribution in [-0.2, 0) is 107 Å². The number of unbranched alkanes of at least 4 members (excludes halogenated alkanes) is 2. The third kappa shape index (κ3) is 35.3. The standard InChI is InChI=1S/C81H118N12O24S/c1-12-53(6)60(79(111)91(13-2)63(51(3)4)44-64(117-55(8)95)78-88-62(49-118-78)77(110)86-58(40-54(7)116-50-94)41-56-22-20-52(5)21-23-56)43-65(97)81(9,10)89(11)46-67(99)82-30-16-14-18-57(42-59(96)24-25-70(102)90(34-36-92-71(103)26-27-72(92)104)35-37-93-73(105)28-29-74(93)106)76(109)87-61(80(112)113)19-15-17-31-83-68(100)47-115-39-33-85-69(101)48-114-38-32-84-66(98)45-75(107)108/h20-23,26-29,49-51,53-54,57-58,60-61,63-64H,12-19,24-25,30-48H2,1-11H3,(H,82,99)(H,83,100)(H,84,98)(H,85,101)(H,86,110)(H,87,109)(H,107,108)(H,112,113)/t53?,54?,57?,58-,60+,61?,63-,64-/m1/s1. The van der Waals surface area contributed by atoms with Crippen LogP contribution in [0.2, 0.25) is 0 Å². The normalized spacial score (nSPS) is 14.7. The fourth-order valence-electron chi connectivity index (χ4n) is 13.0. The van der Waals surface area contributed by atoms with Gasteiger partial charge in [0.05, 0.1) is 25.3 Å². The molecule has 2 aromatic rings. The van der Waals surface area contributed by atoms with E-state index in [4.69, 9.17) is 24.1 Å². The van der Waals surface area contributed by atoms with E-state index < -0.39 is 162 Å². The predicted octanol–water partition coefficient (Wildman–Crippen LogP) is 2.86. The summed E-state index contributed by atoms with van der Waals surface area (Å²) >= 11 is 1.12. The van der Waals surface area contributed by atoms with Gasteiger partial charge in [-0.25, -0.2) is 9.78 Å². The second-order valence-electron chi connectivity index (χ2n) is 30.1. The fraction of sp³-hybridized carbons (Fsp3) is 0.617. The first-order chi connectivity index (χ1) is 55.9. The van der Waals surface area contributed by atoms with Crippen molar-refractivity contribution in [3.05, 3.63) is 75.8 Å². The molecular formula is C81H118N12O24S. The van der Waals surface area contributed by atoms with Crippen LogP contribution in [0.25, 0.3) is 0 Å². The molecule has 652 valence electrons. The molecule has 0 radical (unpaired) electrons. The van der Waals surface area contributed by atoms with Crippen LogP contribution < -0.4 is 31.9 Å². The highest BCUT2D eigenvalue weighted by molar-refractivity contribution is 7.09. The Morgan fingerprint density at radius 3 is 1.76 bits per heavy atom. The average molecular weight is 1680 g/mol. The number of esters is 1. The molecule has 37 heteroatoms. The smallest absolute Gasteiger partial charge is 0.326 e. The van der Waals surface area contributed by atoms with Crippen molar-refractivity contribution in [3.8, 4) is 0 Å². The number of thiazole rings is 1. The summed E-state index contributed by atoms with van der Waals surface area (Å²) in [6, 6.07) is 5.39. The molecular weight excluding hydrogens is 1560 g/mol.